The lowest BCUT2D eigenvalue weighted by molar-refractivity contribution is 0.924. The molecule has 3 aromatic heterocycles. The maximum atomic E-state index is 4.61. The van der Waals surface area contributed by atoms with Crippen LogP contribution in [-0.4, -0.2) is 15.2 Å². The molecule has 0 amide bonds. The van der Waals surface area contributed by atoms with Crippen molar-refractivity contribution in [2.75, 3.05) is 0 Å². The number of aryl methyl sites for hydroxylation is 1. The first-order valence-corrected chi connectivity index (χ1v) is 9.53. The molecular formula is C18H17N3S2. The maximum absolute atomic E-state index is 4.61. The Balaban J connectivity index is 1.87. The molecule has 0 bridgehead atoms. The fourth-order valence-electron chi connectivity index (χ4n) is 2.91. The van der Waals surface area contributed by atoms with Crippen LogP contribution in [0.4, 0.5) is 0 Å². The topological polar surface area (TPSA) is 41.6 Å². The van der Waals surface area contributed by atoms with Crippen molar-refractivity contribution in [1.29, 1.82) is 0 Å². The smallest absolute Gasteiger partial charge is 0.101 e. The molecule has 0 unspecified atom stereocenters. The van der Waals surface area contributed by atoms with E-state index in [0.29, 0.717) is 0 Å². The van der Waals surface area contributed by atoms with Crippen molar-refractivity contribution in [2.45, 2.75) is 26.2 Å². The van der Waals surface area contributed by atoms with Crippen molar-refractivity contribution in [2.24, 2.45) is 0 Å². The van der Waals surface area contributed by atoms with Gasteiger partial charge in [-0.15, -0.1) is 22.7 Å². The van der Waals surface area contributed by atoms with Crippen LogP contribution in [0.25, 0.3) is 21.3 Å². The van der Waals surface area contributed by atoms with Crippen LogP contribution in [0.3, 0.4) is 0 Å². The maximum Gasteiger partial charge on any atom is 0.101 e. The lowest BCUT2D eigenvalue weighted by atomic mass is 10.0. The van der Waals surface area contributed by atoms with E-state index < -0.39 is 0 Å². The summed E-state index contributed by atoms with van der Waals surface area (Å²) in [6, 6.07) is 8.86. The lowest BCUT2D eigenvalue weighted by Crippen LogP contribution is -1.90. The first kappa shape index (κ1) is 14.6. The Morgan fingerprint density at radius 2 is 2.13 bits per heavy atom. The van der Waals surface area contributed by atoms with E-state index in [-0.39, 0.29) is 0 Å². The van der Waals surface area contributed by atoms with Gasteiger partial charge in [-0.3, -0.25) is 5.10 Å². The monoisotopic (exact) mass is 339 g/mol. The highest BCUT2D eigenvalue weighted by Crippen LogP contribution is 2.34. The Bertz CT molecular complexity index is 905. The van der Waals surface area contributed by atoms with Crippen LogP contribution < -0.4 is 0 Å². The molecule has 0 fully saturated rings. The van der Waals surface area contributed by atoms with Crippen molar-refractivity contribution >= 4 is 33.6 Å². The molecule has 5 heteroatoms. The fraction of sp³-hybridized carbons (Fsp3) is 0.222. The Kier molecular flexibility index (Phi) is 3.97. The van der Waals surface area contributed by atoms with Gasteiger partial charge < -0.3 is 0 Å². The number of thiazole rings is 1. The molecule has 0 radical (unpaired) electrons. The molecule has 116 valence electrons. The number of hydrogen-bond donors (Lipinski definition) is 1. The highest BCUT2D eigenvalue weighted by atomic mass is 32.1. The quantitative estimate of drug-likeness (QED) is 0.536. The number of nitrogens with one attached hydrogen (secondary N) is 1. The molecule has 4 aromatic rings. The fourth-order valence-corrected chi connectivity index (χ4v) is 4.28. The third-order valence-corrected chi connectivity index (χ3v) is 5.62. The Hall–Kier alpha value is -1.98. The van der Waals surface area contributed by atoms with Crippen molar-refractivity contribution in [3.8, 4) is 10.4 Å². The number of aromatic amines is 1. The summed E-state index contributed by atoms with van der Waals surface area (Å²) in [6.45, 7) is 2.22. The summed E-state index contributed by atoms with van der Waals surface area (Å²) in [5.74, 6) is 0. The molecule has 0 saturated carbocycles. The van der Waals surface area contributed by atoms with Gasteiger partial charge in [-0.1, -0.05) is 19.4 Å². The van der Waals surface area contributed by atoms with Crippen molar-refractivity contribution < 1.29 is 0 Å². The van der Waals surface area contributed by atoms with Gasteiger partial charge in [-0.05, 0) is 35.6 Å². The molecule has 0 saturated heterocycles. The van der Waals surface area contributed by atoms with E-state index >= 15 is 0 Å². The van der Waals surface area contributed by atoms with Crippen LogP contribution in [0.15, 0.2) is 41.2 Å². The van der Waals surface area contributed by atoms with E-state index in [1.807, 2.05) is 11.6 Å². The van der Waals surface area contributed by atoms with E-state index in [2.05, 4.69) is 51.8 Å². The van der Waals surface area contributed by atoms with Crippen LogP contribution in [-0.2, 0) is 12.8 Å². The summed E-state index contributed by atoms with van der Waals surface area (Å²) in [6.07, 6.45) is 4.91. The van der Waals surface area contributed by atoms with Crippen molar-refractivity contribution in [1.82, 2.24) is 15.2 Å². The minimum Gasteiger partial charge on any atom is -0.281 e. The zero-order valence-electron chi connectivity index (χ0n) is 12.9. The standard InChI is InChI=1S/C18H17N3S2/c1-2-4-12-9-13-15(11-17-19-6-8-23-17)20-21-18(13)14(10-12)16-5-3-7-22-16/h3,5-10H,2,4,11H2,1H3,(H,20,21). The van der Waals surface area contributed by atoms with Crippen LogP contribution >= 0.6 is 22.7 Å². The van der Waals surface area contributed by atoms with Gasteiger partial charge in [0.05, 0.1) is 5.01 Å². The van der Waals surface area contributed by atoms with Gasteiger partial charge in [0.15, 0.2) is 0 Å². The Labute approximate surface area is 143 Å². The lowest BCUT2D eigenvalue weighted by Gasteiger charge is -2.05. The molecule has 23 heavy (non-hydrogen) atoms. The Morgan fingerprint density at radius 1 is 1.17 bits per heavy atom. The molecule has 3 nitrogen and oxygen atoms in total. The van der Waals surface area contributed by atoms with Crippen molar-refractivity contribution in [3.05, 3.63) is 57.5 Å². The number of nitrogens with zero attached hydrogens (tertiary/aromatic N) is 2. The molecule has 0 atom stereocenters. The minimum absolute atomic E-state index is 0.813. The van der Waals surface area contributed by atoms with Crippen LogP contribution in [0, 0.1) is 0 Å². The number of H-pyrrole nitrogens is 1. The summed E-state index contributed by atoms with van der Waals surface area (Å²) in [7, 11) is 0. The highest BCUT2D eigenvalue weighted by Gasteiger charge is 2.14. The summed E-state index contributed by atoms with van der Waals surface area (Å²) >= 11 is 3.46. The average Bonchev–Trinajstić information content (AvgIpc) is 3.29. The minimum atomic E-state index is 0.813. The molecule has 1 aromatic carbocycles. The zero-order chi connectivity index (χ0) is 15.6. The average molecular weight is 339 g/mol. The normalized spacial score (nSPS) is 11.3. The second-order valence-electron chi connectivity index (χ2n) is 5.57. The van der Waals surface area contributed by atoms with E-state index in [9.17, 15) is 0 Å². The van der Waals surface area contributed by atoms with E-state index in [1.54, 1.807) is 22.7 Å². The molecule has 0 spiro atoms. The number of thiophene rings is 1. The first-order chi connectivity index (χ1) is 11.3. The molecular weight excluding hydrogens is 322 g/mol. The molecule has 4 rings (SSSR count). The van der Waals surface area contributed by atoms with E-state index in [4.69, 9.17) is 0 Å². The number of rotatable bonds is 5. The van der Waals surface area contributed by atoms with Gasteiger partial charge in [-0.2, -0.15) is 5.10 Å². The summed E-state index contributed by atoms with van der Waals surface area (Å²) < 4.78 is 0. The van der Waals surface area contributed by atoms with Crippen LogP contribution in [0.5, 0.6) is 0 Å². The number of benzene rings is 1. The zero-order valence-corrected chi connectivity index (χ0v) is 14.5. The number of hydrogen-bond acceptors (Lipinski definition) is 4. The SMILES string of the molecule is CCCc1cc(-c2cccs2)c2n[nH]c(Cc3nccs3)c2c1. The van der Waals surface area contributed by atoms with Gasteiger partial charge >= 0.3 is 0 Å². The van der Waals surface area contributed by atoms with Crippen LogP contribution in [0.2, 0.25) is 0 Å². The second-order valence-corrected chi connectivity index (χ2v) is 7.50. The molecule has 0 aliphatic carbocycles. The summed E-state index contributed by atoms with van der Waals surface area (Å²) in [5.41, 5.74) is 4.84. The summed E-state index contributed by atoms with van der Waals surface area (Å²) in [4.78, 5) is 5.68. The summed E-state index contributed by atoms with van der Waals surface area (Å²) in [5, 5.41) is 14.4. The molecule has 3 heterocycles. The first-order valence-electron chi connectivity index (χ1n) is 7.77. The van der Waals surface area contributed by atoms with Gasteiger partial charge in [0, 0.05) is 39.5 Å². The molecule has 0 aliphatic heterocycles. The molecule has 0 aliphatic rings. The van der Waals surface area contributed by atoms with Crippen LogP contribution in [0.1, 0.15) is 29.6 Å². The van der Waals surface area contributed by atoms with E-state index in [1.165, 1.54) is 21.4 Å². The molecule has 1 N–H and O–H groups in total. The van der Waals surface area contributed by atoms with Gasteiger partial charge in [0.1, 0.15) is 5.52 Å². The van der Waals surface area contributed by atoms with E-state index in [0.717, 1.165) is 35.5 Å². The van der Waals surface area contributed by atoms with Crippen molar-refractivity contribution in [3.63, 3.8) is 0 Å². The highest BCUT2D eigenvalue weighted by molar-refractivity contribution is 7.13. The second kappa shape index (κ2) is 6.26. The third-order valence-electron chi connectivity index (χ3n) is 3.93. The number of aromatic nitrogens is 3. The predicted molar refractivity (Wildman–Crippen MR) is 98.3 cm³/mol. The largest absolute Gasteiger partial charge is 0.281 e. The van der Waals surface area contributed by atoms with Gasteiger partial charge in [-0.25, -0.2) is 4.98 Å². The Morgan fingerprint density at radius 3 is 2.87 bits per heavy atom. The number of fused-ring (bicyclic) bond motifs is 1. The predicted octanol–water partition coefficient (Wildman–Crippen LogP) is 5.29. The third kappa shape index (κ3) is 2.82. The van der Waals surface area contributed by atoms with Gasteiger partial charge in [0.25, 0.3) is 0 Å². The van der Waals surface area contributed by atoms with Gasteiger partial charge in [0.2, 0.25) is 0 Å².